The first-order chi connectivity index (χ1) is 11.1. The minimum atomic E-state index is -0.195. The summed E-state index contributed by atoms with van der Waals surface area (Å²) in [6, 6.07) is 9.24. The van der Waals surface area contributed by atoms with E-state index in [9.17, 15) is 4.79 Å². The normalized spacial score (nSPS) is 14.1. The molecule has 3 rings (SSSR count). The van der Waals surface area contributed by atoms with Crippen LogP contribution in [0.3, 0.4) is 0 Å². The van der Waals surface area contributed by atoms with Crippen LogP contribution in [0.25, 0.3) is 0 Å². The van der Waals surface area contributed by atoms with Gasteiger partial charge >= 0.3 is 0 Å². The summed E-state index contributed by atoms with van der Waals surface area (Å²) >= 11 is 9.41. The van der Waals surface area contributed by atoms with Gasteiger partial charge in [0, 0.05) is 30.3 Å². The Labute approximate surface area is 149 Å². The first-order valence-corrected chi connectivity index (χ1v) is 8.74. The highest BCUT2D eigenvalue weighted by molar-refractivity contribution is 9.10. The second kappa shape index (κ2) is 7.32. The van der Waals surface area contributed by atoms with E-state index in [2.05, 4.69) is 31.1 Å². The Kier molecular flexibility index (Phi) is 5.18. The molecule has 1 aliphatic heterocycles. The molecule has 0 aliphatic carbocycles. The average molecular weight is 395 g/mol. The molecule has 1 aliphatic rings. The lowest BCUT2D eigenvalue weighted by molar-refractivity contribution is 0.0951. The van der Waals surface area contributed by atoms with Crippen molar-refractivity contribution in [3.63, 3.8) is 0 Å². The predicted octanol–water partition coefficient (Wildman–Crippen LogP) is 4.03. The summed E-state index contributed by atoms with van der Waals surface area (Å²) in [5.41, 5.74) is 1.43. The van der Waals surface area contributed by atoms with Gasteiger partial charge in [-0.05, 0) is 42.7 Å². The molecule has 6 heteroatoms. The molecule has 120 valence electrons. The number of anilines is 1. The summed E-state index contributed by atoms with van der Waals surface area (Å²) < 4.78 is 0.823. The van der Waals surface area contributed by atoms with E-state index in [4.69, 9.17) is 11.6 Å². The van der Waals surface area contributed by atoms with Crippen LogP contribution in [-0.2, 0) is 6.54 Å². The second-order valence-electron chi connectivity index (χ2n) is 5.53. The van der Waals surface area contributed by atoms with Crippen LogP contribution in [-0.4, -0.2) is 24.0 Å². The minimum absolute atomic E-state index is 0.195. The Balaban J connectivity index is 1.61. The average Bonchev–Trinajstić information content (AvgIpc) is 3.10. The maximum absolute atomic E-state index is 12.2. The zero-order valence-electron chi connectivity index (χ0n) is 12.6. The molecule has 0 saturated carbocycles. The lowest BCUT2D eigenvalue weighted by Crippen LogP contribution is -2.23. The monoisotopic (exact) mass is 393 g/mol. The minimum Gasteiger partial charge on any atom is -0.357 e. The van der Waals surface area contributed by atoms with Crippen molar-refractivity contribution in [1.82, 2.24) is 10.3 Å². The fourth-order valence-electron chi connectivity index (χ4n) is 2.60. The Hall–Kier alpha value is -1.59. The molecule has 4 nitrogen and oxygen atoms in total. The van der Waals surface area contributed by atoms with E-state index in [1.165, 1.54) is 12.8 Å². The summed E-state index contributed by atoms with van der Waals surface area (Å²) in [6.45, 7) is 2.57. The molecule has 0 bridgehead atoms. The van der Waals surface area contributed by atoms with Crippen molar-refractivity contribution >= 4 is 39.3 Å². The quantitative estimate of drug-likeness (QED) is 0.851. The Morgan fingerprint density at radius 1 is 1.26 bits per heavy atom. The van der Waals surface area contributed by atoms with Crippen molar-refractivity contribution in [2.75, 3.05) is 18.0 Å². The lowest BCUT2D eigenvalue weighted by atomic mass is 10.2. The van der Waals surface area contributed by atoms with E-state index in [0.29, 0.717) is 17.1 Å². The number of rotatable bonds is 4. The van der Waals surface area contributed by atoms with E-state index in [1.807, 2.05) is 18.3 Å². The molecular weight excluding hydrogens is 378 g/mol. The maximum atomic E-state index is 12.2. The lowest BCUT2D eigenvalue weighted by Gasteiger charge is -2.16. The van der Waals surface area contributed by atoms with Gasteiger partial charge in [-0.1, -0.05) is 33.6 Å². The van der Waals surface area contributed by atoms with Gasteiger partial charge in [0.1, 0.15) is 5.82 Å². The first kappa shape index (κ1) is 16.3. The summed E-state index contributed by atoms with van der Waals surface area (Å²) in [6.07, 6.45) is 4.27. The van der Waals surface area contributed by atoms with E-state index >= 15 is 0 Å². The number of carbonyl (C=O) groups is 1. The third-order valence-corrected chi connectivity index (χ3v) is 4.69. The van der Waals surface area contributed by atoms with Gasteiger partial charge in [0.25, 0.3) is 5.91 Å². The number of benzene rings is 1. The number of nitrogens with zero attached hydrogens (tertiary/aromatic N) is 2. The topological polar surface area (TPSA) is 45.2 Å². The largest absolute Gasteiger partial charge is 0.357 e. The van der Waals surface area contributed by atoms with Crippen molar-refractivity contribution in [1.29, 1.82) is 0 Å². The first-order valence-electron chi connectivity index (χ1n) is 7.56. The fraction of sp³-hybridized carbons (Fsp3) is 0.294. The second-order valence-corrected chi connectivity index (χ2v) is 6.85. The van der Waals surface area contributed by atoms with Crippen molar-refractivity contribution < 1.29 is 4.79 Å². The van der Waals surface area contributed by atoms with Gasteiger partial charge in [-0.15, -0.1) is 0 Å². The number of hydrogen-bond donors (Lipinski definition) is 1. The molecule has 2 heterocycles. The SMILES string of the molecule is O=C(NCc1ccc(N2CCCC2)nc1)c1cc(Br)ccc1Cl. The molecule has 0 unspecified atom stereocenters. The fourth-order valence-corrected chi connectivity index (χ4v) is 3.17. The van der Waals surface area contributed by atoms with Gasteiger partial charge in [-0.2, -0.15) is 0 Å². The van der Waals surface area contributed by atoms with Crippen LogP contribution in [0.4, 0.5) is 5.82 Å². The highest BCUT2D eigenvalue weighted by Gasteiger charge is 2.14. The van der Waals surface area contributed by atoms with Crippen LogP contribution in [0.2, 0.25) is 5.02 Å². The predicted molar refractivity (Wildman–Crippen MR) is 96.0 cm³/mol. The highest BCUT2D eigenvalue weighted by atomic mass is 79.9. The van der Waals surface area contributed by atoms with Crippen LogP contribution >= 0.6 is 27.5 Å². The molecule has 0 spiro atoms. The van der Waals surface area contributed by atoms with Crippen LogP contribution < -0.4 is 10.2 Å². The number of amides is 1. The van der Waals surface area contributed by atoms with Crippen LogP contribution in [0.5, 0.6) is 0 Å². The molecule has 0 atom stereocenters. The summed E-state index contributed by atoms with van der Waals surface area (Å²) in [7, 11) is 0. The van der Waals surface area contributed by atoms with E-state index in [1.54, 1.807) is 18.2 Å². The van der Waals surface area contributed by atoms with Gasteiger partial charge in [0.2, 0.25) is 0 Å². The molecule has 23 heavy (non-hydrogen) atoms. The number of pyridine rings is 1. The van der Waals surface area contributed by atoms with Crippen LogP contribution in [0.1, 0.15) is 28.8 Å². The summed E-state index contributed by atoms with van der Waals surface area (Å²) in [4.78, 5) is 19.0. The van der Waals surface area contributed by atoms with E-state index in [0.717, 1.165) is 28.9 Å². The number of carbonyl (C=O) groups excluding carboxylic acids is 1. The molecule has 1 N–H and O–H groups in total. The molecule has 2 aromatic rings. The third-order valence-electron chi connectivity index (χ3n) is 3.87. The van der Waals surface area contributed by atoms with Gasteiger partial charge < -0.3 is 10.2 Å². The number of hydrogen-bond acceptors (Lipinski definition) is 3. The third kappa shape index (κ3) is 4.03. The van der Waals surface area contributed by atoms with Crippen molar-refractivity contribution in [2.24, 2.45) is 0 Å². The van der Waals surface area contributed by atoms with Crippen molar-refractivity contribution in [2.45, 2.75) is 19.4 Å². The smallest absolute Gasteiger partial charge is 0.253 e. The zero-order valence-corrected chi connectivity index (χ0v) is 14.9. The number of halogens is 2. The highest BCUT2D eigenvalue weighted by Crippen LogP contribution is 2.21. The van der Waals surface area contributed by atoms with Gasteiger partial charge in [0.05, 0.1) is 10.6 Å². The van der Waals surface area contributed by atoms with Crippen molar-refractivity contribution in [3.8, 4) is 0 Å². The summed E-state index contributed by atoms with van der Waals surface area (Å²) in [5.74, 6) is 0.813. The van der Waals surface area contributed by atoms with Crippen LogP contribution in [0, 0.1) is 0 Å². The van der Waals surface area contributed by atoms with Crippen LogP contribution in [0.15, 0.2) is 41.0 Å². The Bertz CT molecular complexity index is 699. The molecular formula is C17H17BrClN3O. The summed E-state index contributed by atoms with van der Waals surface area (Å²) in [5, 5.41) is 3.31. The van der Waals surface area contributed by atoms with Crippen molar-refractivity contribution in [3.05, 3.63) is 57.2 Å². The number of aromatic nitrogens is 1. The van der Waals surface area contributed by atoms with Gasteiger partial charge in [-0.25, -0.2) is 4.98 Å². The molecule has 1 aromatic heterocycles. The zero-order chi connectivity index (χ0) is 16.2. The molecule has 1 aromatic carbocycles. The van der Waals surface area contributed by atoms with Gasteiger partial charge in [-0.3, -0.25) is 4.79 Å². The van der Waals surface area contributed by atoms with E-state index in [-0.39, 0.29) is 5.91 Å². The Morgan fingerprint density at radius 2 is 2.04 bits per heavy atom. The Morgan fingerprint density at radius 3 is 2.74 bits per heavy atom. The molecule has 1 saturated heterocycles. The standard InChI is InChI=1S/C17H17BrClN3O/c18-13-4-5-15(19)14(9-13)17(23)21-11-12-3-6-16(20-10-12)22-7-1-2-8-22/h3-6,9-10H,1-2,7-8,11H2,(H,21,23). The molecule has 1 amide bonds. The molecule has 0 radical (unpaired) electrons. The van der Waals surface area contributed by atoms with E-state index < -0.39 is 0 Å². The maximum Gasteiger partial charge on any atom is 0.253 e. The molecule has 1 fully saturated rings. The van der Waals surface area contributed by atoms with Gasteiger partial charge in [0.15, 0.2) is 0 Å². The number of nitrogens with one attached hydrogen (secondary N) is 1.